The first-order valence-electron chi connectivity index (χ1n) is 11.1. The molecule has 0 spiro atoms. The van der Waals surface area contributed by atoms with Gasteiger partial charge in [0.05, 0.1) is 11.1 Å². The second-order valence-electron chi connectivity index (χ2n) is 8.29. The summed E-state index contributed by atoms with van der Waals surface area (Å²) in [6, 6.07) is 7.37. The Bertz CT molecular complexity index is 864. The monoisotopic (exact) mass is 430 g/mol. The molecule has 0 aliphatic carbocycles. The highest BCUT2D eigenvalue weighted by Gasteiger charge is 2.16. The van der Waals surface area contributed by atoms with Gasteiger partial charge in [0, 0.05) is 43.3 Å². The minimum absolute atomic E-state index is 0.0728. The molecule has 3 heterocycles. The normalized spacial score (nSPS) is 18.0. The van der Waals surface area contributed by atoms with Crippen LogP contribution in [-0.4, -0.2) is 61.7 Å². The fourth-order valence-corrected chi connectivity index (χ4v) is 4.52. The van der Waals surface area contributed by atoms with Gasteiger partial charge in [-0.05, 0) is 75.4 Å². The van der Waals surface area contributed by atoms with Crippen LogP contribution < -0.4 is 10.6 Å². The van der Waals surface area contributed by atoms with Crippen molar-refractivity contribution in [2.45, 2.75) is 32.1 Å². The molecule has 0 saturated carbocycles. The van der Waals surface area contributed by atoms with E-state index >= 15 is 0 Å². The molecule has 0 radical (unpaired) electrons. The maximum Gasteiger partial charge on any atom is 0.252 e. The van der Waals surface area contributed by atoms with Crippen molar-refractivity contribution >= 4 is 34.2 Å². The van der Waals surface area contributed by atoms with Crippen molar-refractivity contribution in [1.82, 2.24) is 15.2 Å². The first-order valence-corrected chi connectivity index (χ1v) is 11.5. The highest BCUT2D eigenvalue weighted by Crippen LogP contribution is 2.25. The Morgan fingerprint density at radius 3 is 2.77 bits per heavy atom. The van der Waals surface area contributed by atoms with Crippen LogP contribution in [0.1, 0.15) is 42.5 Å². The van der Waals surface area contributed by atoms with Crippen molar-refractivity contribution in [3.8, 4) is 0 Å². The van der Waals surface area contributed by atoms with Gasteiger partial charge in [0.25, 0.3) is 5.91 Å². The van der Waals surface area contributed by atoms with Crippen LogP contribution in [0.15, 0.2) is 24.3 Å². The molecule has 2 fully saturated rings. The van der Waals surface area contributed by atoms with Gasteiger partial charge in [0.15, 0.2) is 0 Å². The van der Waals surface area contributed by atoms with Crippen molar-refractivity contribution in [2.24, 2.45) is 5.92 Å². The summed E-state index contributed by atoms with van der Waals surface area (Å²) in [5.74, 6) is 1.36. The van der Waals surface area contributed by atoms with Gasteiger partial charge in [0.1, 0.15) is 5.82 Å². The van der Waals surface area contributed by atoms with Gasteiger partial charge in [-0.25, -0.2) is 4.98 Å². The zero-order valence-corrected chi connectivity index (χ0v) is 18.2. The van der Waals surface area contributed by atoms with Crippen LogP contribution in [0.2, 0.25) is 5.02 Å². The average Bonchev–Trinajstić information content (AvgIpc) is 3.27. The van der Waals surface area contributed by atoms with E-state index in [1.54, 1.807) is 0 Å². The van der Waals surface area contributed by atoms with Crippen LogP contribution in [0.3, 0.4) is 0 Å². The molecule has 0 atom stereocenters. The number of ether oxygens (including phenoxy) is 1. The number of carbonyl (C=O) groups is 1. The summed E-state index contributed by atoms with van der Waals surface area (Å²) >= 11 is 6.20. The second kappa shape index (κ2) is 10.4. The molecule has 2 N–H and O–H groups in total. The molecule has 162 valence electrons. The number of nitrogens with zero attached hydrogens (tertiary/aromatic N) is 2. The molecule has 2 aliphatic rings. The van der Waals surface area contributed by atoms with Gasteiger partial charge < -0.3 is 20.3 Å². The number of pyridine rings is 1. The first kappa shape index (κ1) is 21.3. The van der Waals surface area contributed by atoms with Crippen molar-refractivity contribution in [3.05, 3.63) is 34.9 Å². The lowest BCUT2D eigenvalue weighted by molar-refractivity contribution is 0.0649. The summed E-state index contributed by atoms with van der Waals surface area (Å²) < 4.78 is 5.44. The zero-order valence-electron chi connectivity index (χ0n) is 17.5. The molecule has 1 aromatic carbocycles. The molecule has 2 saturated heterocycles. The predicted octanol–water partition coefficient (Wildman–Crippen LogP) is 3.94. The van der Waals surface area contributed by atoms with E-state index in [4.69, 9.17) is 21.3 Å². The van der Waals surface area contributed by atoms with Crippen molar-refractivity contribution in [1.29, 1.82) is 0 Å². The fourth-order valence-electron chi connectivity index (χ4n) is 4.34. The number of halogens is 1. The number of rotatable bonds is 8. The maximum absolute atomic E-state index is 13.0. The molecule has 1 amide bonds. The number of nitrogens with one attached hydrogen (secondary N) is 2. The minimum Gasteiger partial charge on any atom is -0.381 e. The van der Waals surface area contributed by atoms with Crippen LogP contribution in [0.25, 0.3) is 10.9 Å². The standard InChI is InChI=1S/C23H31ClN4O2/c24-18-3-4-21-19(15-18)20(23(29)26-9-12-28-10-1-2-11-28)16-22(27-21)25-8-5-17-6-13-30-14-7-17/h3-4,15-17H,1-2,5-14H2,(H,25,27)(H,26,29). The van der Waals surface area contributed by atoms with Crippen LogP contribution in [0, 0.1) is 5.92 Å². The van der Waals surface area contributed by atoms with Gasteiger partial charge in [-0.3, -0.25) is 4.79 Å². The lowest BCUT2D eigenvalue weighted by atomic mass is 9.97. The van der Waals surface area contributed by atoms with Gasteiger partial charge in [-0.15, -0.1) is 0 Å². The number of anilines is 1. The Hall–Kier alpha value is -1.89. The zero-order chi connectivity index (χ0) is 20.8. The van der Waals surface area contributed by atoms with Crippen LogP contribution in [0.5, 0.6) is 0 Å². The number of aromatic nitrogens is 1. The van der Waals surface area contributed by atoms with E-state index in [9.17, 15) is 4.79 Å². The smallest absolute Gasteiger partial charge is 0.252 e. The SMILES string of the molecule is O=C(NCCN1CCCC1)c1cc(NCCC2CCOCC2)nc2ccc(Cl)cc12. The molecule has 7 heteroatoms. The summed E-state index contributed by atoms with van der Waals surface area (Å²) in [6.45, 7) is 6.37. The number of amides is 1. The van der Waals surface area contributed by atoms with E-state index in [0.717, 1.165) is 75.4 Å². The molecular formula is C23H31ClN4O2. The number of fused-ring (bicyclic) bond motifs is 1. The van der Waals surface area contributed by atoms with Crippen LogP contribution >= 0.6 is 11.6 Å². The van der Waals surface area contributed by atoms with Gasteiger partial charge >= 0.3 is 0 Å². The molecular weight excluding hydrogens is 400 g/mol. The average molecular weight is 431 g/mol. The number of likely N-dealkylation sites (tertiary alicyclic amines) is 1. The Morgan fingerprint density at radius 1 is 1.17 bits per heavy atom. The molecule has 2 aliphatic heterocycles. The second-order valence-corrected chi connectivity index (χ2v) is 8.73. The molecule has 0 unspecified atom stereocenters. The van der Waals surface area contributed by atoms with E-state index in [-0.39, 0.29) is 5.91 Å². The number of hydrogen-bond acceptors (Lipinski definition) is 5. The van der Waals surface area contributed by atoms with E-state index in [0.29, 0.717) is 23.0 Å². The van der Waals surface area contributed by atoms with Gasteiger partial charge in [-0.2, -0.15) is 0 Å². The highest BCUT2D eigenvalue weighted by atomic mass is 35.5. The Balaban J connectivity index is 1.43. The van der Waals surface area contributed by atoms with Crippen LogP contribution in [0.4, 0.5) is 5.82 Å². The first-order chi connectivity index (χ1) is 14.7. The Kier molecular flexibility index (Phi) is 7.42. The largest absolute Gasteiger partial charge is 0.381 e. The highest BCUT2D eigenvalue weighted by molar-refractivity contribution is 6.31. The molecule has 6 nitrogen and oxygen atoms in total. The Morgan fingerprint density at radius 2 is 1.97 bits per heavy atom. The third kappa shape index (κ3) is 5.62. The topological polar surface area (TPSA) is 66.5 Å². The molecule has 0 bridgehead atoms. The summed E-state index contributed by atoms with van der Waals surface area (Å²) in [4.78, 5) is 20.1. The third-order valence-electron chi connectivity index (χ3n) is 6.13. The minimum atomic E-state index is -0.0728. The summed E-state index contributed by atoms with van der Waals surface area (Å²) in [6.07, 6.45) is 5.84. The Labute approximate surface area is 183 Å². The van der Waals surface area contributed by atoms with Gasteiger partial charge in [-0.1, -0.05) is 11.6 Å². The predicted molar refractivity (Wildman–Crippen MR) is 121 cm³/mol. The number of hydrogen-bond donors (Lipinski definition) is 2. The fraction of sp³-hybridized carbons (Fsp3) is 0.565. The van der Waals surface area contributed by atoms with E-state index in [1.807, 2.05) is 24.3 Å². The van der Waals surface area contributed by atoms with Crippen LogP contribution in [-0.2, 0) is 4.74 Å². The number of benzene rings is 1. The van der Waals surface area contributed by atoms with Crippen molar-refractivity contribution < 1.29 is 9.53 Å². The van der Waals surface area contributed by atoms with Crippen molar-refractivity contribution in [3.63, 3.8) is 0 Å². The number of carbonyl (C=O) groups excluding carboxylic acids is 1. The molecule has 30 heavy (non-hydrogen) atoms. The maximum atomic E-state index is 13.0. The van der Waals surface area contributed by atoms with Gasteiger partial charge in [0.2, 0.25) is 0 Å². The molecule has 1 aromatic heterocycles. The molecule has 2 aromatic rings. The van der Waals surface area contributed by atoms with E-state index < -0.39 is 0 Å². The summed E-state index contributed by atoms with van der Waals surface area (Å²) in [5, 5.41) is 7.90. The lowest BCUT2D eigenvalue weighted by Crippen LogP contribution is -2.33. The van der Waals surface area contributed by atoms with E-state index in [1.165, 1.54) is 12.8 Å². The van der Waals surface area contributed by atoms with E-state index in [2.05, 4.69) is 15.5 Å². The quantitative estimate of drug-likeness (QED) is 0.664. The summed E-state index contributed by atoms with van der Waals surface area (Å²) in [5.41, 5.74) is 1.40. The molecule has 4 rings (SSSR count). The lowest BCUT2D eigenvalue weighted by Gasteiger charge is -2.22. The summed E-state index contributed by atoms with van der Waals surface area (Å²) in [7, 11) is 0. The van der Waals surface area contributed by atoms with Crippen molar-refractivity contribution in [2.75, 3.05) is 51.3 Å². The third-order valence-corrected chi connectivity index (χ3v) is 6.36.